The van der Waals surface area contributed by atoms with E-state index in [0.29, 0.717) is 42.5 Å². The number of piperidine rings is 1. The van der Waals surface area contributed by atoms with Crippen molar-refractivity contribution in [3.63, 3.8) is 0 Å². The van der Waals surface area contributed by atoms with Crippen LogP contribution in [-0.4, -0.2) is 49.4 Å². The second kappa shape index (κ2) is 10.7. The van der Waals surface area contributed by atoms with Gasteiger partial charge in [-0.25, -0.2) is 0 Å². The zero-order valence-corrected chi connectivity index (χ0v) is 17.9. The monoisotopic (exact) mass is 445 g/mol. The Hall–Kier alpha value is -3.26. The molecule has 1 aliphatic heterocycles. The van der Waals surface area contributed by atoms with Crippen LogP contribution in [0.25, 0.3) is 0 Å². The first-order chi connectivity index (χ1) is 15.0. The highest BCUT2D eigenvalue weighted by atomic mass is 35.5. The van der Waals surface area contributed by atoms with E-state index in [1.165, 1.54) is 19.2 Å². The van der Waals surface area contributed by atoms with E-state index in [4.69, 9.17) is 21.1 Å². The zero-order chi connectivity index (χ0) is 22.2. The van der Waals surface area contributed by atoms with Gasteiger partial charge in [0.05, 0.1) is 12.7 Å². The van der Waals surface area contributed by atoms with Crippen molar-refractivity contribution in [1.82, 2.24) is 15.8 Å². The van der Waals surface area contributed by atoms with Gasteiger partial charge in [0.1, 0.15) is 11.5 Å². The average molecular weight is 446 g/mol. The summed E-state index contributed by atoms with van der Waals surface area (Å²) in [6.07, 6.45) is 1.01. The molecule has 0 saturated carbocycles. The van der Waals surface area contributed by atoms with Gasteiger partial charge in [0.2, 0.25) is 5.91 Å². The van der Waals surface area contributed by atoms with Gasteiger partial charge in [-0.15, -0.1) is 0 Å². The molecular weight excluding hydrogens is 422 g/mol. The van der Waals surface area contributed by atoms with E-state index in [9.17, 15) is 14.4 Å². The maximum absolute atomic E-state index is 12.4. The number of ether oxygens (including phenoxy) is 2. The molecule has 0 atom stereocenters. The number of hydrogen-bond acceptors (Lipinski definition) is 5. The van der Waals surface area contributed by atoms with Crippen LogP contribution in [0.15, 0.2) is 48.5 Å². The lowest BCUT2D eigenvalue weighted by molar-refractivity contribution is -0.137. The Kier molecular flexibility index (Phi) is 7.72. The Labute approximate surface area is 185 Å². The minimum Gasteiger partial charge on any atom is -0.496 e. The third kappa shape index (κ3) is 6.11. The molecule has 1 heterocycles. The normalized spacial score (nSPS) is 13.9. The van der Waals surface area contributed by atoms with Crippen LogP contribution in [0.3, 0.4) is 0 Å². The topological polar surface area (TPSA) is 97.0 Å². The maximum atomic E-state index is 12.4. The first kappa shape index (κ1) is 22.4. The van der Waals surface area contributed by atoms with Crippen molar-refractivity contribution >= 4 is 29.3 Å². The van der Waals surface area contributed by atoms with Gasteiger partial charge in [0, 0.05) is 24.0 Å². The van der Waals surface area contributed by atoms with Crippen molar-refractivity contribution < 1.29 is 23.9 Å². The second-order valence-corrected chi connectivity index (χ2v) is 7.48. The summed E-state index contributed by atoms with van der Waals surface area (Å²) >= 11 is 5.90. The minimum atomic E-state index is -0.507. The summed E-state index contributed by atoms with van der Waals surface area (Å²) < 4.78 is 10.6. The summed E-state index contributed by atoms with van der Waals surface area (Å²) in [6.45, 7) is 0.863. The molecule has 0 bridgehead atoms. The SMILES string of the molecule is COc1cc(Cl)ccc1C(=O)NNC(=O)C1CCN(C(=O)COc2ccccc2)CC1. The Morgan fingerprint density at radius 2 is 1.77 bits per heavy atom. The summed E-state index contributed by atoms with van der Waals surface area (Å²) in [5.41, 5.74) is 5.11. The van der Waals surface area contributed by atoms with Crippen molar-refractivity contribution in [2.24, 2.45) is 5.92 Å². The van der Waals surface area contributed by atoms with Crippen LogP contribution in [0.2, 0.25) is 5.02 Å². The lowest BCUT2D eigenvalue weighted by atomic mass is 9.96. The Balaban J connectivity index is 1.43. The van der Waals surface area contributed by atoms with Gasteiger partial charge in [0.15, 0.2) is 6.61 Å². The smallest absolute Gasteiger partial charge is 0.273 e. The molecule has 1 aliphatic rings. The van der Waals surface area contributed by atoms with Gasteiger partial charge in [0.25, 0.3) is 11.8 Å². The number of carbonyl (C=O) groups excluding carboxylic acids is 3. The van der Waals surface area contributed by atoms with Crippen molar-refractivity contribution in [1.29, 1.82) is 0 Å². The number of hydrogen-bond donors (Lipinski definition) is 2. The van der Waals surface area contributed by atoms with Crippen molar-refractivity contribution in [3.05, 3.63) is 59.1 Å². The largest absolute Gasteiger partial charge is 0.496 e. The molecule has 0 spiro atoms. The third-order valence-electron chi connectivity index (χ3n) is 5.03. The molecule has 164 valence electrons. The number of amides is 3. The van der Waals surface area contributed by atoms with Crippen molar-refractivity contribution in [2.75, 3.05) is 26.8 Å². The predicted molar refractivity (Wildman–Crippen MR) is 115 cm³/mol. The molecule has 0 aromatic heterocycles. The number of likely N-dealkylation sites (tertiary alicyclic amines) is 1. The van der Waals surface area contributed by atoms with Gasteiger partial charge in [-0.05, 0) is 43.2 Å². The number of halogens is 1. The van der Waals surface area contributed by atoms with Crippen LogP contribution in [-0.2, 0) is 9.59 Å². The quantitative estimate of drug-likeness (QED) is 0.665. The van der Waals surface area contributed by atoms with Crippen LogP contribution >= 0.6 is 11.6 Å². The molecule has 2 N–H and O–H groups in total. The standard InChI is InChI=1S/C22H24ClN3O5/c1-30-19-13-16(23)7-8-18(19)22(29)25-24-21(28)15-9-11-26(12-10-15)20(27)14-31-17-5-3-2-4-6-17/h2-8,13,15H,9-12,14H2,1H3,(H,24,28)(H,25,29). The minimum absolute atomic E-state index is 0.0418. The number of rotatable bonds is 6. The Morgan fingerprint density at radius 1 is 1.06 bits per heavy atom. The fourth-order valence-electron chi connectivity index (χ4n) is 3.28. The lowest BCUT2D eigenvalue weighted by Gasteiger charge is -2.31. The Morgan fingerprint density at radius 3 is 2.45 bits per heavy atom. The fourth-order valence-corrected chi connectivity index (χ4v) is 3.45. The van der Waals surface area contributed by atoms with E-state index in [1.807, 2.05) is 18.2 Å². The van der Waals surface area contributed by atoms with Gasteiger partial charge < -0.3 is 14.4 Å². The van der Waals surface area contributed by atoms with Crippen LogP contribution in [0.4, 0.5) is 0 Å². The van der Waals surface area contributed by atoms with E-state index >= 15 is 0 Å². The molecule has 8 nitrogen and oxygen atoms in total. The third-order valence-corrected chi connectivity index (χ3v) is 5.27. The molecule has 3 rings (SSSR count). The highest BCUT2D eigenvalue weighted by molar-refractivity contribution is 6.30. The van der Waals surface area contributed by atoms with Gasteiger partial charge in [-0.1, -0.05) is 29.8 Å². The molecular formula is C22H24ClN3O5. The zero-order valence-electron chi connectivity index (χ0n) is 17.1. The summed E-state index contributed by atoms with van der Waals surface area (Å²) in [7, 11) is 1.43. The number of carbonyl (C=O) groups is 3. The van der Waals surface area contributed by atoms with Crippen LogP contribution < -0.4 is 20.3 Å². The average Bonchev–Trinajstić information content (AvgIpc) is 2.81. The Bertz CT molecular complexity index is 930. The van der Waals surface area contributed by atoms with Crippen molar-refractivity contribution in [2.45, 2.75) is 12.8 Å². The molecule has 1 fully saturated rings. The van der Waals surface area contributed by atoms with Gasteiger partial charge in [-0.2, -0.15) is 0 Å². The van der Waals surface area contributed by atoms with E-state index < -0.39 is 5.91 Å². The number of para-hydroxylation sites is 1. The number of nitrogens with zero attached hydrogens (tertiary/aromatic N) is 1. The predicted octanol–water partition coefficient (Wildman–Crippen LogP) is 2.43. The second-order valence-electron chi connectivity index (χ2n) is 7.04. The molecule has 0 unspecified atom stereocenters. The highest BCUT2D eigenvalue weighted by Gasteiger charge is 2.28. The number of benzene rings is 2. The lowest BCUT2D eigenvalue weighted by Crippen LogP contribution is -2.48. The summed E-state index contributed by atoms with van der Waals surface area (Å²) in [5, 5.41) is 0.438. The first-order valence-electron chi connectivity index (χ1n) is 9.87. The molecule has 9 heteroatoms. The number of hydrazine groups is 1. The fraction of sp³-hybridized carbons (Fsp3) is 0.318. The van der Waals surface area contributed by atoms with Crippen LogP contribution in [0.5, 0.6) is 11.5 Å². The van der Waals surface area contributed by atoms with E-state index in [1.54, 1.807) is 23.1 Å². The molecule has 2 aromatic carbocycles. The molecule has 31 heavy (non-hydrogen) atoms. The van der Waals surface area contributed by atoms with Crippen LogP contribution in [0, 0.1) is 5.92 Å². The van der Waals surface area contributed by atoms with E-state index in [2.05, 4.69) is 10.9 Å². The molecule has 3 amide bonds. The molecule has 1 saturated heterocycles. The van der Waals surface area contributed by atoms with Crippen molar-refractivity contribution in [3.8, 4) is 11.5 Å². The number of nitrogens with one attached hydrogen (secondary N) is 2. The summed E-state index contributed by atoms with van der Waals surface area (Å²) in [5.74, 6) is -0.277. The van der Waals surface area contributed by atoms with E-state index in [-0.39, 0.29) is 29.9 Å². The maximum Gasteiger partial charge on any atom is 0.273 e. The van der Waals surface area contributed by atoms with Crippen LogP contribution in [0.1, 0.15) is 23.2 Å². The summed E-state index contributed by atoms with van der Waals surface area (Å²) in [4.78, 5) is 38.8. The molecule has 2 aromatic rings. The highest BCUT2D eigenvalue weighted by Crippen LogP contribution is 2.23. The first-order valence-corrected chi connectivity index (χ1v) is 10.2. The van der Waals surface area contributed by atoms with E-state index in [0.717, 1.165) is 0 Å². The summed E-state index contributed by atoms with van der Waals surface area (Å²) in [6, 6.07) is 13.7. The number of methoxy groups -OCH3 is 1. The van der Waals surface area contributed by atoms with Gasteiger partial charge in [-0.3, -0.25) is 25.2 Å². The molecule has 0 aliphatic carbocycles. The van der Waals surface area contributed by atoms with Gasteiger partial charge >= 0.3 is 0 Å². The molecule has 0 radical (unpaired) electrons.